The Balaban J connectivity index is 1.44. The zero-order valence-electron chi connectivity index (χ0n) is 18.6. The van der Waals surface area contributed by atoms with E-state index in [0.29, 0.717) is 23.3 Å². The third kappa shape index (κ3) is 5.68. The standard InChI is InChI=1S/C23H32N2O6/c1-13(20-8-15-5-6-16(20)7-15)25-22(27)14(2)31-21(26)12-24-23(28)17-9-18(29-3)11-19(10-17)30-4/h9-11,13-16,20H,5-8,12H2,1-4H3,(H,24,28)(H,25,27)/t13-,14+,15+,16+,20-/m0/s1. The van der Waals surface area contributed by atoms with Gasteiger partial charge < -0.3 is 24.8 Å². The number of esters is 1. The molecule has 0 aromatic heterocycles. The highest BCUT2D eigenvalue weighted by molar-refractivity contribution is 5.97. The Morgan fingerprint density at radius 3 is 2.26 bits per heavy atom. The van der Waals surface area contributed by atoms with Crippen LogP contribution in [-0.2, 0) is 14.3 Å². The lowest BCUT2D eigenvalue weighted by atomic mass is 9.84. The smallest absolute Gasteiger partial charge is 0.326 e. The molecule has 31 heavy (non-hydrogen) atoms. The Morgan fingerprint density at radius 1 is 1.03 bits per heavy atom. The van der Waals surface area contributed by atoms with E-state index < -0.39 is 18.0 Å². The van der Waals surface area contributed by atoms with E-state index in [2.05, 4.69) is 10.6 Å². The van der Waals surface area contributed by atoms with Crippen molar-refractivity contribution in [2.75, 3.05) is 20.8 Å². The second-order valence-electron chi connectivity index (χ2n) is 8.55. The fraction of sp³-hybridized carbons (Fsp3) is 0.609. The number of benzene rings is 1. The van der Waals surface area contributed by atoms with Crippen molar-refractivity contribution in [1.82, 2.24) is 10.6 Å². The molecule has 2 fully saturated rings. The number of hydrogen-bond acceptors (Lipinski definition) is 6. The fourth-order valence-electron chi connectivity index (χ4n) is 4.84. The van der Waals surface area contributed by atoms with Crippen LogP contribution in [0.2, 0.25) is 0 Å². The number of fused-ring (bicyclic) bond motifs is 2. The van der Waals surface area contributed by atoms with Gasteiger partial charge in [0, 0.05) is 17.7 Å². The molecule has 8 heteroatoms. The maximum absolute atomic E-state index is 12.4. The van der Waals surface area contributed by atoms with Gasteiger partial charge in [-0.1, -0.05) is 6.42 Å². The average molecular weight is 433 g/mol. The third-order valence-corrected chi connectivity index (χ3v) is 6.49. The summed E-state index contributed by atoms with van der Waals surface area (Å²) in [5.74, 6) is 1.46. The summed E-state index contributed by atoms with van der Waals surface area (Å²) in [6.45, 7) is 3.22. The maximum Gasteiger partial charge on any atom is 0.326 e. The number of amides is 2. The van der Waals surface area contributed by atoms with Gasteiger partial charge in [0.1, 0.15) is 18.0 Å². The number of rotatable bonds is 9. The second-order valence-corrected chi connectivity index (χ2v) is 8.55. The van der Waals surface area contributed by atoms with Crippen molar-refractivity contribution >= 4 is 17.8 Å². The van der Waals surface area contributed by atoms with Gasteiger partial charge in [0.25, 0.3) is 11.8 Å². The first-order valence-corrected chi connectivity index (χ1v) is 10.8. The van der Waals surface area contributed by atoms with E-state index in [1.54, 1.807) is 6.07 Å². The van der Waals surface area contributed by atoms with Crippen molar-refractivity contribution < 1.29 is 28.6 Å². The summed E-state index contributed by atoms with van der Waals surface area (Å²) in [5, 5.41) is 5.49. The van der Waals surface area contributed by atoms with Crippen LogP contribution in [0.3, 0.4) is 0 Å². The highest BCUT2D eigenvalue weighted by atomic mass is 16.5. The largest absolute Gasteiger partial charge is 0.497 e. The molecular weight excluding hydrogens is 400 g/mol. The van der Waals surface area contributed by atoms with Crippen LogP contribution in [0.25, 0.3) is 0 Å². The number of nitrogens with one attached hydrogen (secondary N) is 2. The number of ether oxygens (including phenoxy) is 3. The molecule has 170 valence electrons. The van der Waals surface area contributed by atoms with E-state index in [0.717, 1.165) is 5.92 Å². The van der Waals surface area contributed by atoms with E-state index >= 15 is 0 Å². The van der Waals surface area contributed by atoms with Crippen molar-refractivity contribution in [1.29, 1.82) is 0 Å². The van der Waals surface area contributed by atoms with Crippen LogP contribution in [0, 0.1) is 17.8 Å². The van der Waals surface area contributed by atoms with Crippen molar-refractivity contribution in [3.63, 3.8) is 0 Å². The number of carbonyl (C=O) groups excluding carboxylic acids is 3. The first kappa shape index (κ1) is 22.9. The van der Waals surface area contributed by atoms with Gasteiger partial charge >= 0.3 is 5.97 Å². The van der Waals surface area contributed by atoms with E-state index in [-0.39, 0.29) is 24.1 Å². The minimum Gasteiger partial charge on any atom is -0.497 e. The molecule has 1 aromatic carbocycles. The van der Waals surface area contributed by atoms with E-state index in [9.17, 15) is 14.4 Å². The van der Waals surface area contributed by atoms with Crippen LogP contribution in [0.1, 0.15) is 49.9 Å². The quantitative estimate of drug-likeness (QED) is 0.581. The summed E-state index contributed by atoms with van der Waals surface area (Å²) in [7, 11) is 2.97. The first-order chi connectivity index (χ1) is 14.8. The molecule has 8 nitrogen and oxygen atoms in total. The van der Waals surface area contributed by atoms with Crippen LogP contribution in [0.5, 0.6) is 11.5 Å². The summed E-state index contributed by atoms with van der Waals surface area (Å²) in [6, 6.07) is 4.78. The van der Waals surface area contributed by atoms with Gasteiger partial charge in [-0.25, -0.2) is 0 Å². The number of methoxy groups -OCH3 is 2. The topological polar surface area (TPSA) is 103 Å². The van der Waals surface area contributed by atoms with Crippen LogP contribution < -0.4 is 20.1 Å². The van der Waals surface area contributed by atoms with Crippen LogP contribution in [-0.4, -0.2) is 50.7 Å². The van der Waals surface area contributed by atoms with Gasteiger partial charge in [-0.3, -0.25) is 14.4 Å². The Morgan fingerprint density at radius 2 is 1.71 bits per heavy atom. The highest BCUT2D eigenvalue weighted by Crippen LogP contribution is 2.49. The van der Waals surface area contributed by atoms with E-state index in [4.69, 9.17) is 14.2 Å². The van der Waals surface area contributed by atoms with Crippen molar-refractivity contribution in [3.05, 3.63) is 23.8 Å². The predicted octanol–water partition coefficient (Wildman–Crippen LogP) is 2.31. The van der Waals surface area contributed by atoms with Crippen LogP contribution in [0.4, 0.5) is 0 Å². The van der Waals surface area contributed by atoms with Crippen LogP contribution >= 0.6 is 0 Å². The normalized spacial score (nSPS) is 23.5. The molecule has 2 N–H and O–H groups in total. The molecule has 0 aliphatic heterocycles. The molecule has 0 unspecified atom stereocenters. The van der Waals surface area contributed by atoms with E-state index in [1.807, 2.05) is 6.92 Å². The predicted molar refractivity (Wildman–Crippen MR) is 114 cm³/mol. The minimum absolute atomic E-state index is 0.0618. The van der Waals surface area contributed by atoms with Crippen molar-refractivity contribution in [3.8, 4) is 11.5 Å². The summed E-state index contributed by atoms with van der Waals surface area (Å²) in [4.78, 5) is 36.9. The van der Waals surface area contributed by atoms with E-state index in [1.165, 1.54) is 59.0 Å². The van der Waals surface area contributed by atoms with Crippen molar-refractivity contribution in [2.24, 2.45) is 17.8 Å². The molecule has 1 aromatic rings. The molecule has 2 amide bonds. The fourth-order valence-corrected chi connectivity index (χ4v) is 4.84. The second kappa shape index (κ2) is 10.0. The molecule has 2 saturated carbocycles. The molecule has 2 aliphatic carbocycles. The summed E-state index contributed by atoms with van der Waals surface area (Å²) < 4.78 is 15.5. The molecule has 2 bridgehead atoms. The van der Waals surface area contributed by atoms with Gasteiger partial charge in [-0.15, -0.1) is 0 Å². The minimum atomic E-state index is -0.928. The van der Waals surface area contributed by atoms with Crippen molar-refractivity contribution in [2.45, 2.75) is 51.7 Å². The molecule has 3 rings (SSSR count). The van der Waals surface area contributed by atoms with Gasteiger partial charge in [0.2, 0.25) is 0 Å². The van der Waals surface area contributed by atoms with Gasteiger partial charge in [-0.2, -0.15) is 0 Å². The maximum atomic E-state index is 12.4. The van der Waals surface area contributed by atoms with Crippen LogP contribution in [0.15, 0.2) is 18.2 Å². The summed E-state index contributed by atoms with van der Waals surface area (Å²) in [5.41, 5.74) is 0.287. The monoisotopic (exact) mass is 432 g/mol. The molecule has 2 aliphatic rings. The third-order valence-electron chi connectivity index (χ3n) is 6.49. The molecule has 0 heterocycles. The Bertz CT molecular complexity index is 804. The molecular formula is C23H32N2O6. The Labute approximate surface area is 183 Å². The number of carbonyl (C=O) groups is 3. The summed E-state index contributed by atoms with van der Waals surface area (Å²) in [6.07, 6.45) is 4.07. The molecule has 0 saturated heterocycles. The lowest BCUT2D eigenvalue weighted by Crippen LogP contribution is -2.45. The molecule has 0 radical (unpaired) electrons. The Kier molecular flexibility index (Phi) is 7.41. The molecule has 5 atom stereocenters. The zero-order chi connectivity index (χ0) is 22.5. The highest BCUT2D eigenvalue weighted by Gasteiger charge is 2.42. The average Bonchev–Trinajstić information content (AvgIpc) is 3.40. The van der Waals surface area contributed by atoms with Gasteiger partial charge in [0.15, 0.2) is 6.10 Å². The van der Waals surface area contributed by atoms with Gasteiger partial charge in [-0.05, 0) is 63.0 Å². The van der Waals surface area contributed by atoms with Gasteiger partial charge in [0.05, 0.1) is 14.2 Å². The SMILES string of the molecule is COc1cc(OC)cc(C(=O)NCC(=O)O[C@H](C)C(=O)N[C@@H](C)[C@@H]2C[C@@H]3CC[C@@H]2C3)c1. The summed E-state index contributed by atoms with van der Waals surface area (Å²) >= 11 is 0. The molecule has 0 spiro atoms. The Hall–Kier alpha value is -2.77. The first-order valence-electron chi connectivity index (χ1n) is 10.8. The zero-order valence-corrected chi connectivity index (χ0v) is 18.6. The lowest BCUT2D eigenvalue weighted by Gasteiger charge is -2.29. The number of hydrogen-bond donors (Lipinski definition) is 2. The lowest BCUT2D eigenvalue weighted by molar-refractivity contribution is -0.154.